The van der Waals surface area contributed by atoms with Gasteiger partial charge in [-0.05, 0) is 68.3 Å². The van der Waals surface area contributed by atoms with E-state index in [2.05, 4.69) is 37.3 Å². The summed E-state index contributed by atoms with van der Waals surface area (Å²) in [6, 6.07) is 15.1. The van der Waals surface area contributed by atoms with E-state index < -0.39 is 11.7 Å². The number of hydrogen-bond donors (Lipinski definition) is 2. The smallest absolute Gasteiger partial charge is 0.262 e. The van der Waals surface area contributed by atoms with Crippen molar-refractivity contribution < 1.29 is 32.9 Å². The Morgan fingerprint density at radius 3 is 2.28 bits per heavy atom. The van der Waals surface area contributed by atoms with Gasteiger partial charge in [0.15, 0.2) is 23.1 Å². The first-order valence-electron chi connectivity index (χ1n) is 18.3. The number of amides is 2. The molecular formula is C40H48FN7O6. The van der Waals surface area contributed by atoms with Crippen molar-refractivity contribution in [1.29, 1.82) is 0 Å². The van der Waals surface area contributed by atoms with E-state index in [1.165, 1.54) is 19.4 Å². The van der Waals surface area contributed by atoms with Gasteiger partial charge in [0.1, 0.15) is 12.2 Å². The zero-order valence-corrected chi connectivity index (χ0v) is 31.3. The van der Waals surface area contributed by atoms with Gasteiger partial charge in [-0.15, -0.1) is 0 Å². The van der Waals surface area contributed by atoms with Crippen molar-refractivity contribution in [1.82, 2.24) is 24.7 Å². The summed E-state index contributed by atoms with van der Waals surface area (Å²) in [4.78, 5) is 42.3. The normalized spacial score (nSPS) is 15.1. The van der Waals surface area contributed by atoms with E-state index in [1.54, 1.807) is 35.2 Å². The molecule has 54 heavy (non-hydrogen) atoms. The van der Waals surface area contributed by atoms with E-state index in [0.717, 1.165) is 56.8 Å². The number of nitrogens with one attached hydrogen (secondary N) is 2. The topological polar surface area (TPSA) is 131 Å². The summed E-state index contributed by atoms with van der Waals surface area (Å²) < 4.78 is 38.2. The summed E-state index contributed by atoms with van der Waals surface area (Å²) in [7, 11) is 1.46. The lowest BCUT2D eigenvalue weighted by Gasteiger charge is -2.34. The van der Waals surface area contributed by atoms with Gasteiger partial charge in [0.05, 0.1) is 20.3 Å². The Morgan fingerprint density at radius 1 is 0.889 bits per heavy atom. The Morgan fingerprint density at radius 2 is 1.59 bits per heavy atom. The van der Waals surface area contributed by atoms with Crippen LogP contribution in [0.15, 0.2) is 60.8 Å². The highest BCUT2D eigenvalue weighted by Crippen LogP contribution is 2.35. The molecule has 286 valence electrons. The maximum Gasteiger partial charge on any atom is 0.262 e. The zero-order valence-electron chi connectivity index (χ0n) is 31.3. The summed E-state index contributed by atoms with van der Waals surface area (Å²) in [6.45, 7) is 14.1. The first-order chi connectivity index (χ1) is 26.2. The number of rotatable bonds is 14. The van der Waals surface area contributed by atoms with Crippen LogP contribution < -0.4 is 24.8 Å². The van der Waals surface area contributed by atoms with E-state index in [4.69, 9.17) is 18.9 Å². The molecule has 1 aromatic heterocycles. The number of morpholine rings is 1. The highest BCUT2D eigenvalue weighted by atomic mass is 19.1. The lowest BCUT2D eigenvalue weighted by Crippen LogP contribution is -2.47. The van der Waals surface area contributed by atoms with Gasteiger partial charge in [-0.3, -0.25) is 14.5 Å². The summed E-state index contributed by atoms with van der Waals surface area (Å²) in [6.07, 6.45) is 2.49. The van der Waals surface area contributed by atoms with Gasteiger partial charge in [0.2, 0.25) is 11.8 Å². The molecule has 2 aliphatic heterocycles. The standard InChI is InChI=1S/C40H48FN7O6/c1-5-13-46-14-16-47(17-15-46)18-23-53-33-12-10-30(25-32(33)41)43-40-42-26-31(37(49)44-36-27(2)7-6-8-28(36)3)38(45-40)54-34-11-9-29(24-35(34)51-4)39(50)48-19-21-52-22-20-48/h6-12,24-26H,5,13-23H2,1-4H3,(H,44,49)(H,42,43,45). The highest BCUT2D eigenvalue weighted by molar-refractivity contribution is 6.06. The van der Waals surface area contributed by atoms with Crippen LogP contribution in [0.4, 0.5) is 21.7 Å². The van der Waals surface area contributed by atoms with E-state index in [1.807, 2.05) is 32.0 Å². The number of ether oxygens (including phenoxy) is 4. The summed E-state index contributed by atoms with van der Waals surface area (Å²) >= 11 is 0. The van der Waals surface area contributed by atoms with Crippen molar-refractivity contribution >= 4 is 29.1 Å². The van der Waals surface area contributed by atoms with Gasteiger partial charge in [-0.25, -0.2) is 9.37 Å². The van der Waals surface area contributed by atoms with Crippen molar-refractivity contribution in [2.24, 2.45) is 0 Å². The van der Waals surface area contributed by atoms with E-state index in [0.29, 0.717) is 49.8 Å². The van der Waals surface area contributed by atoms with E-state index in [-0.39, 0.29) is 40.5 Å². The third-order valence-corrected chi connectivity index (χ3v) is 9.49. The van der Waals surface area contributed by atoms with Crippen LogP contribution >= 0.6 is 0 Å². The number of nitrogens with zero attached hydrogens (tertiary/aromatic N) is 5. The first kappa shape index (κ1) is 38.4. The molecule has 14 heteroatoms. The monoisotopic (exact) mass is 741 g/mol. The maximum atomic E-state index is 15.2. The van der Waals surface area contributed by atoms with Crippen LogP contribution in [-0.4, -0.2) is 116 Å². The molecule has 0 radical (unpaired) electrons. The van der Waals surface area contributed by atoms with Crippen LogP contribution in [0.5, 0.6) is 23.1 Å². The van der Waals surface area contributed by atoms with Crippen molar-refractivity contribution in [3.63, 3.8) is 0 Å². The summed E-state index contributed by atoms with van der Waals surface area (Å²) in [5.74, 6) is -0.588. The minimum Gasteiger partial charge on any atom is -0.493 e. The fraction of sp³-hybridized carbons (Fsp3) is 0.400. The number of hydrogen-bond acceptors (Lipinski definition) is 11. The van der Waals surface area contributed by atoms with Crippen LogP contribution in [0.25, 0.3) is 0 Å². The molecule has 0 spiro atoms. The van der Waals surface area contributed by atoms with Crippen LogP contribution in [0.3, 0.4) is 0 Å². The highest BCUT2D eigenvalue weighted by Gasteiger charge is 2.23. The van der Waals surface area contributed by atoms with Gasteiger partial charge < -0.3 is 39.4 Å². The van der Waals surface area contributed by atoms with Crippen molar-refractivity contribution in [3.8, 4) is 23.1 Å². The van der Waals surface area contributed by atoms with Gasteiger partial charge in [-0.2, -0.15) is 4.98 Å². The van der Waals surface area contributed by atoms with E-state index in [9.17, 15) is 9.59 Å². The quantitative estimate of drug-likeness (QED) is 0.160. The van der Waals surface area contributed by atoms with Crippen molar-refractivity contribution in [2.75, 3.05) is 89.9 Å². The van der Waals surface area contributed by atoms with E-state index >= 15 is 4.39 Å². The molecular weight excluding hydrogens is 693 g/mol. The zero-order chi connectivity index (χ0) is 38.0. The number of piperazine rings is 1. The number of carbonyl (C=O) groups excluding carboxylic acids is 2. The molecule has 0 saturated carbocycles. The minimum absolute atomic E-state index is 0.0421. The van der Waals surface area contributed by atoms with Crippen molar-refractivity contribution in [2.45, 2.75) is 27.2 Å². The predicted octanol–water partition coefficient (Wildman–Crippen LogP) is 5.91. The molecule has 2 aliphatic rings. The average molecular weight is 742 g/mol. The number of aryl methyl sites for hydroxylation is 2. The Balaban J connectivity index is 1.19. The predicted molar refractivity (Wildman–Crippen MR) is 204 cm³/mol. The van der Waals surface area contributed by atoms with Crippen LogP contribution in [0, 0.1) is 19.7 Å². The lowest BCUT2D eigenvalue weighted by atomic mass is 10.1. The molecule has 2 amide bonds. The van der Waals surface area contributed by atoms with Gasteiger partial charge in [-0.1, -0.05) is 25.1 Å². The van der Waals surface area contributed by atoms with Crippen molar-refractivity contribution in [3.05, 3.63) is 88.9 Å². The molecule has 0 bridgehead atoms. The molecule has 3 heterocycles. The Labute approximate surface area is 315 Å². The number of aromatic nitrogens is 2. The average Bonchev–Trinajstić information content (AvgIpc) is 3.18. The van der Waals surface area contributed by atoms with Crippen LogP contribution in [0.1, 0.15) is 45.2 Å². The SMILES string of the molecule is CCCN1CCN(CCOc2ccc(Nc3ncc(C(=O)Nc4c(C)cccc4C)c(Oc4ccc(C(=O)N5CCOCC5)cc4OC)n3)cc2F)CC1. The minimum atomic E-state index is -0.537. The Kier molecular flexibility index (Phi) is 12.9. The summed E-state index contributed by atoms with van der Waals surface area (Å²) in [5.41, 5.74) is 3.25. The lowest BCUT2D eigenvalue weighted by molar-refractivity contribution is 0.0302. The maximum absolute atomic E-state index is 15.2. The Hall–Kier alpha value is -5.31. The molecule has 0 unspecified atom stereocenters. The fourth-order valence-corrected chi connectivity index (χ4v) is 6.45. The van der Waals surface area contributed by atoms with Crippen LogP contribution in [-0.2, 0) is 4.74 Å². The molecule has 4 aromatic rings. The first-order valence-corrected chi connectivity index (χ1v) is 18.3. The largest absolute Gasteiger partial charge is 0.493 e. The van der Waals surface area contributed by atoms with Crippen LogP contribution in [0.2, 0.25) is 0 Å². The third-order valence-electron chi connectivity index (χ3n) is 9.49. The number of para-hydroxylation sites is 1. The van der Waals surface area contributed by atoms with Gasteiger partial charge >= 0.3 is 0 Å². The summed E-state index contributed by atoms with van der Waals surface area (Å²) in [5, 5.41) is 5.97. The molecule has 13 nitrogen and oxygen atoms in total. The third kappa shape index (κ3) is 9.61. The second kappa shape index (κ2) is 18.1. The molecule has 0 aliphatic carbocycles. The second-order valence-electron chi connectivity index (χ2n) is 13.3. The molecule has 0 atom stereocenters. The Bertz CT molecular complexity index is 1910. The molecule has 2 fully saturated rings. The molecule has 2 N–H and O–H groups in total. The number of benzene rings is 3. The number of methoxy groups -OCH3 is 1. The molecule has 2 saturated heterocycles. The fourth-order valence-electron chi connectivity index (χ4n) is 6.45. The number of halogens is 1. The van der Waals surface area contributed by atoms with Gasteiger partial charge in [0, 0.05) is 75.0 Å². The second-order valence-corrected chi connectivity index (χ2v) is 13.3. The van der Waals surface area contributed by atoms with Gasteiger partial charge in [0.25, 0.3) is 11.8 Å². The molecule has 3 aromatic carbocycles. The number of carbonyl (C=O) groups is 2. The molecule has 6 rings (SSSR count). The number of anilines is 3.